The van der Waals surface area contributed by atoms with Crippen LogP contribution in [-0.2, 0) is 13.0 Å². The zero-order valence-corrected chi connectivity index (χ0v) is 12.9. The summed E-state index contributed by atoms with van der Waals surface area (Å²) in [5, 5.41) is 12.0. The Morgan fingerprint density at radius 2 is 2.06 bits per heavy atom. The van der Waals surface area contributed by atoms with Crippen LogP contribution < -0.4 is 9.67 Å². The molecule has 0 unspecified atom stereocenters. The molecule has 94 valence electrons. The number of hydrogen-bond acceptors (Lipinski definition) is 3. The van der Waals surface area contributed by atoms with Gasteiger partial charge in [0.05, 0.1) is 0 Å². The van der Waals surface area contributed by atoms with Crippen LogP contribution in [0.4, 0.5) is 5.69 Å². The van der Waals surface area contributed by atoms with Crippen molar-refractivity contribution in [1.29, 1.82) is 0 Å². The molecule has 4 N–H and O–H groups in total. The fraction of sp³-hybridized carbons (Fsp3) is 0.222. The molecule has 0 radical (unpaired) electrons. The van der Waals surface area contributed by atoms with Gasteiger partial charge in [-0.3, -0.25) is 0 Å². The number of aromatic hydroxyl groups is 1. The van der Waals surface area contributed by atoms with E-state index in [2.05, 4.69) is 5.32 Å². The molecule has 0 spiro atoms. The molecule has 1 amide bonds. The number of hydrogen-bond donors (Lipinski definition) is 4. The van der Waals surface area contributed by atoms with E-state index >= 15 is 0 Å². The molecule has 6 nitrogen and oxygen atoms in total. The second-order valence-electron chi connectivity index (χ2n) is 3.32. The Balaban J connectivity index is 3.51. The standard InChI is InChI=1S/C9H11AsINO5/c1-5(13)12-9-6(4-11)8(14)3-2-7(9)10(15,16)17/h2-3,14H,4H2,1H3,(H,12,13)(H2,15,16,17). The van der Waals surface area contributed by atoms with E-state index in [0.29, 0.717) is 9.99 Å². The van der Waals surface area contributed by atoms with E-state index in [9.17, 15) is 21.8 Å². The Morgan fingerprint density at radius 1 is 1.47 bits per heavy atom. The zero-order chi connectivity index (χ0) is 13.2. The average Bonchev–Trinajstić information content (AvgIpc) is 2.15. The summed E-state index contributed by atoms with van der Waals surface area (Å²) in [5.74, 6) is -0.553. The van der Waals surface area contributed by atoms with Gasteiger partial charge in [0.15, 0.2) is 0 Å². The average molecular weight is 415 g/mol. The molecule has 0 aromatic heterocycles. The normalized spacial score (nSPS) is 11.3. The Morgan fingerprint density at radius 3 is 2.47 bits per heavy atom. The summed E-state index contributed by atoms with van der Waals surface area (Å²) >= 11 is -3.20. The molecule has 0 bridgehead atoms. The van der Waals surface area contributed by atoms with E-state index < -0.39 is 20.1 Å². The molecule has 0 fully saturated rings. The van der Waals surface area contributed by atoms with Crippen molar-refractivity contribution in [2.75, 3.05) is 5.32 Å². The molecule has 1 aromatic rings. The minimum absolute atomic E-state index is 0.0133. The van der Waals surface area contributed by atoms with Crippen LogP contribution in [-0.4, -0.2) is 33.4 Å². The van der Waals surface area contributed by atoms with Gasteiger partial charge in [-0.2, -0.15) is 0 Å². The fourth-order valence-corrected chi connectivity index (χ4v) is 3.67. The van der Waals surface area contributed by atoms with Crippen molar-refractivity contribution in [3.8, 4) is 5.75 Å². The van der Waals surface area contributed by atoms with Gasteiger partial charge in [-0.25, -0.2) is 0 Å². The van der Waals surface area contributed by atoms with E-state index in [-0.39, 0.29) is 15.8 Å². The Kier molecular flexibility index (Phi) is 4.65. The number of halogens is 1. The van der Waals surface area contributed by atoms with Crippen LogP contribution in [0.5, 0.6) is 5.75 Å². The van der Waals surface area contributed by atoms with Crippen LogP contribution >= 0.6 is 22.6 Å². The van der Waals surface area contributed by atoms with Gasteiger partial charge in [0.25, 0.3) is 0 Å². The van der Waals surface area contributed by atoms with E-state index in [1.54, 1.807) is 0 Å². The van der Waals surface area contributed by atoms with Crippen molar-refractivity contribution in [3.05, 3.63) is 17.7 Å². The number of carbonyl (C=O) groups excluding carboxylic acids is 1. The zero-order valence-electron chi connectivity index (χ0n) is 8.85. The molecule has 8 heteroatoms. The van der Waals surface area contributed by atoms with Gasteiger partial charge in [0.2, 0.25) is 0 Å². The van der Waals surface area contributed by atoms with Gasteiger partial charge >= 0.3 is 115 Å². The first-order valence-electron chi connectivity index (χ1n) is 4.52. The second-order valence-corrected chi connectivity index (χ2v) is 7.37. The van der Waals surface area contributed by atoms with Gasteiger partial charge < -0.3 is 0 Å². The van der Waals surface area contributed by atoms with Gasteiger partial charge in [-0.15, -0.1) is 0 Å². The number of alkyl halides is 1. The molecule has 1 rings (SSSR count). The number of phenolic OH excluding ortho intramolecular Hbond substituents is 1. The number of anilines is 1. The summed E-state index contributed by atoms with van der Waals surface area (Å²) in [5.41, 5.74) is 0.322. The molecule has 0 aliphatic rings. The number of amides is 1. The first-order chi connectivity index (χ1) is 7.77. The van der Waals surface area contributed by atoms with Gasteiger partial charge in [0.1, 0.15) is 0 Å². The van der Waals surface area contributed by atoms with Crippen molar-refractivity contribution >= 4 is 52.7 Å². The number of benzene rings is 1. The van der Waals surface area contributed by atoms with Crippen LogP contribution in [0.25, 0.3) is 0 Å². The molecule has 0 atom stereocenters. The Bertz CT molecular complexity index is 498. The quantitative estimate of drug-likeness (QED) is 0.312. The van der Waals surface area contributed by atoms with Gasteiger partial charge in [0, 0.05) is 0 Å². The summed E-state index contributed by atoms with van der Waals surface area (Å²) in [4.78, 5) is 11.0. The van der Waals surface area contributed by atoms with Crippen molar-refractivity contribution < 1.29 is 21.8 Å². The van der Waals surface area contributed by atoms with Crippen molar-refractivity contribution in [2.45, 2.75) is 11.4 Å². The first-order valence-corrected chi connectivity index (χ1v) is 9.42. The van der Waals surface area contributed by atoms with E-state index in [4.69, 9.17) is 0 Å². The van der Waals surface area contributed by atoms with Crippen LogP contribution in [0.1, 0.15) is 12.5 Å². The summed E-state index contributed by atoms with van der Waals surface area (Å²) in [6.45, 7) is 1.23. The molecule has 0 saturated carbocycles. The molecule has 0 aliphatic heterocycles. The Labute approximate surface area is 114 Å². The number of nitrogens with one attached hydrogen (secondary N) is 1. The molecule has 1 aromatic carbocycles. The summed E-state index contributed by atoms with van der Waals surface area (Å²) in [6.07, 6.45) is 0. The topological polar surface area (TPSA) is 107 Å². The summed E-state index contributed by atoms with van der Waals surface area (Å²) in [6, 6.07) is 2.35. The fourth-order valence-electron chi connectivity index (χ4n) is 1.32. The summed E-state index contributed by atoms with van der Waals surface area (Å²) in [7, 11) is 0. The molecular weight excluding hydrogens is 404 g/mol. The monoisotopic (exact) mass is 415 g/mol. The van der Waals surface area contributed by atoms with Crippen LogP contribution in [0, 0.1) is 0 Å². The van der Waals surface area contributed by atoms with E-state index in [1.807, 2.05) is 22.6 Å². The van der Waals surface area contributed by atoms with E-state index in [1.165, 1.54) is 13.0 Å². The predicted molar refractivity (Wildman–Crippen MR) is 70.6 cm³/mol. The number of rotatable bonds is 3. The molecule has 0 saturated heterocycles. The van der Waals surface area contributed by atoms with Crippen molar-refractivity contribution in [3.63, 3.8) is 0 Å². The maximum absolute atomic E-state index is 11.3. The number of phenols is 1. The SMILES string of the molecule is CC(=O)Nc1c([As](=O)(O)O)ccc(O)c1CI. The minimum atomic E-state index is -5.14. The summed E-state index contributed by atoms with van der Waals surface area (Å²) < 4.78 is 29.9. The Hall–Kier alpha value is -0.502. The van der Waals surface area contributed by atoms with E-state index in [0.717, 1.165) is 6.07 Å². The molecular formula is C9H11AsINO5. The van der Waals surface area contributed by atoms with Crippen molar-refractivity contribution in [2.24, 2.45) is 0 Å². The molecule has 0 heterocycles. The predicted octanol–water partition coefficient (Wildman–Crippen LogP) is -0.153. The third-order valence-electron chi connectivity index (χ3n) is 2.01. The van der Waals surface area contributed by atoms with Gasteiger partial charge in [-0.05, 0) is 0 Å². The third kappa shape index (κ3) is 3.48. The second kappa shape index (κ2) is 5.43. The van der Waals surface area contributed by atoms with Crippen LogP contribution in [0.2, 0.25) is 0 Å². The molecule has 0 aliphatic carbocycles. The number of carbonyl (C=O) groups is 1. The van der Waals surface area contributed by atoms with Crippen LogP contribution in [0.15, 0.2) is 12.1 Å². The maximum atomic E-state index is 11.3. The van der Waals surface area contributed by atoms with Crippen LogP contribution in [0.3, 0.4) is 0 Å². The van der Waals surface area contributed by atoms with Gasteiger partial charge in [-0.1, -0.05) is 0 Å². The molecule has 17 heavy (non-hydrogen) atoms. The third-order valence-corrected chi connectivity index (χ3v) is 4.88. The van der Waals surface area contributed by atoms with Crippen molar-refractivity contribution in [1.82, 2.24) is 0 Å². The first kappa shape index (κ1) is 14.6.